The van der Waals surface area contributed by atoms with Crippen molar-refractivity contribution in [2.75, 3.05) is 13.6 Å². The van der Waals surface area contributed by atoms with Gasteiger partial charge in [0.05, 0.1) is 11.6 Å². The lowest BCUT2D eigenvalue weighted by molar-refractivity contribution is -0.123. The molecular formula is C19H22N4O2S. The number of nitrogens with zero attached hydrogens (tertiary/aromatic N) is 2. The zero-order chi connectivity index (χ0) is 18.7. The van der Waals surface area contributed by atoms with Crippen LogP contribution in [0.25, 0.3) is 16.2 Å². The highest BCUT2D eigenvalue weighted by Gasteiger charge is 2.17. The third-order valence-corrected chi connectivity index (χ3v) is 5.20. The molecule has 2 aromatic heterocycles. The first-order valence-corrected chi connectivity index (χ1v) is 9.47. The number of rotatable bonds is 6. The number of nitrogens with one attached hydrogen (secondary N) is 2. The zero-order valence-corrected chi connectivity index (χ0v) is 15.9. The first-order chi connectivity index (χ1) is 12.5. The molecule has 0 spiro atoms. The van der Waals surface area contributed by atoms with E-state index in [0.717, 1.165) is 22.6 Å². The fraction of sp³-hybridized carbons (Fsp3) is 0.316. The van der Waals surface area contributed by atoms with Gasteiger partial charge in [-0.1, -0.05) is 38.1 Å². The van der Waals surface area contributed by atoms with Crippen LogP contribution in [0, 0.1) is 5.92 Å². The Labute approximate surface area is 156 Å². The summed E-state index contributed by atoms with van der Waals surface area (Å²) in [5.41, 5.74) is 3.67. The molecule has 0 saturated heterocycles. The second-order valence-electron chi connectivity index (χ2n) is 6.18. The number of benzene rings is 1. The molecule has 0 aliphatic carbocycles. The third-order valence-electron chi connectivity index (χ3n) is 4.36. The lowest BCUT2D eigenvalue weighted by Crippen LogP contribution is -2.36. The summed E-state index contributed by atoms with van der Waals surface area (Å²) >= 11 is 1.42. The molecule has 2 heterocycles. The summed E-state index contributed by atoms with van der Waals surface area (Å²) in [7, 11) is 1.59. The van der Waals surface area contributed by atoms with Crippen LogP contribution in [-0.2, 0) is 11.2 Å². The van der Waals surface area contributed by atoms with E-state index in [-0.39, 0.29) is 24.3 Å². The Hall–Kier alpha value is -2.67. The molecule has 0 unspecified atom stereocenters. The topological polar surface area (TPSA) is 75.5 Å². The van der Waals surface area contributed by atoms with Crippen LogP contribution in [0.5, 0.6) is 0 Å². The molecule has 136 valence electrons. The molecule has 2 amide bonds. The van der Waals surface area contributed by atoms with Crippen molar-refractivity contribution in [1.29, 1.82) is 0 Å². The Morgan fingerprint density at radius 1 is 1.27 bits per heavy atom. The van der Waals surface area contributed by atoms with Gasteiger partial charge in [-0.15, -0.1) is 11.3 Å². The number of aromatic nitrogens is 2. The average Bonchev–Trinajstić information content (AvgIpc) is 3.25. The number of carbonyl (C=O) groups is 2. The molecule has 2 N–H and O–H groups in total. The first-order valence-electron chi connectivity index (χ1n) is 8.59. The van der Waals surface area contributed by atoms with E-state index in [1.807, 2.05) is 6.20 Å². The van der Waals surface area contributed by atoms with Crippen molar-refractivity contribution in [2.45, 2.75) is 20.3 Å². The molecule has 0 aliphatic heterocycles. The summed E-state index contributed by atoms with van der Waals surface area (Å²) in [5.74, 6) is -0.591. The fourth-order valence-electron chi connectivity index (χ4n) is 2.67. The van der Waals surface area contributed by atoms with Gasteiger partial charge in [0.25, 0.3) is 5.91 Å². The van der Waals surface area contributed by atoms with Crippen molar-refractivity contribution >= 4 is 28.1 Å². The number of thiazole rings is 1. The average molecular weight is 370 g/mol. The van der Waals surface area contributed by atoms with Gasteiger partial charge in [-0.3, -0.25) is 14.0 Å². The molecule has 1 atom stereocenters. The van der Waals surface area contributed by atoms with E-state index in [1.165, 1.54) is 16.9 Å². The van der Waals surface area contributed by atoms with Crippen molar-refractivity contribution in [3.8, 4) is 11.3 Å². The second-order valence-corrected chi connectivity index (χ2v) is 7.01. The van der Waals surface area contributed by atoms with E-state index in [1.54, 1.807) is 23.8 Å². The molecule has 6 nitrogen and oxygen atoms in total. The fourth-order valence-corrected chi connectivity index (χ4v) is 3.53. The number of hydrogen-bond donors (Lipinski definition) is 2. The largest absolute Gasteiger partial charge is 0.359 e. The summed E-state index contributed by atoms with van der Waals surface area (Å²) in [6.45, 7) is 4.19. The highest BCUT2D eigenvalue weighted by Crippen LogP contribution is 2.24. The minimum absolute atomic E-state index is 0.0961. The van der Waals surface area contributed by atoms with Crippen LogP contribution in [0.15, 0.2) is 35.8 Å². The SMILES string of the molecule is CCc1ccc(-c2cn3c(C(=O)NC[C@H](C)C(=O)NC)csc3n2)cc1. The van der Waals surface area contributed by atoms with Crippen LogP contribution in [0.1, 0.15) is 29.9 Å². The van der Waals surface area contributed by atoms with Crippen molar-refractivity contribution in [3.63, 3.8) is 0 Å². The van der Waals surface area contributed by atoms with Gasteiger partial charge in [-0.25, -0.2) is 4.98 Å². The molecule has 1 aromatic carbocycles. The predicted molar refractivity (Wildman–Crippen MR) is 103 cm³/mol. The van der Waals surface area contributed by atoms with Crippen molar-refractivity contribution in [3.05, 3.63) is 47.1 Å². The van der Waals surface area contributed by atoms with Crippen LogP contribution in [0.2, 0.25) is 0 Å². The molecule has 0 aliphatic rings. The molecular weight excluding hydrogens is 348 g/mol. The van der Waals surface area contributed by atoms with Gasteiger partial charge in [-0.05, 0) is 12.0 Å². The smallest absolute Gasteiger partial charge is 0.269 e. The summed E-state index contributed by atoms with van der Waals surface area (Å²) in [6, 6.07) is 8.29. The van der Waals surface area contributed by atoms with Crippen LogP contribution in [0.4, 0.5) is 0 Å². The zero-order valence-electron chi connectivity index (χ0n) is 15.1. The Bertz CT molecular complexity index is 927. The number of fused-ring (bicyclic) bond motifs is 1. The van der Waals surface area contributed by atoms with Gasteiger partial charge in [0.15, 0.2) is 4.96 Å². The van der Waals surface area contributed by atoms with Crippen molar-refractivity contribution in [1.82, 2.24) is 20.0 Å². The first kappa shape index (κ1) is 18.1. The van der Waals surface area contributed by atoms with E-state index in [4.69, 9.17) is 0 Å². The highest BCUT2D eigenvalue weighted by molar-refractivity contribution is 7.15. The molecule has 0 saturated carbocycles. The molecule has 0 bridgehead atoms. The van der Waals surface area contributed by atoms with Gasteiger partial charge >= 0.3 is 0 Å². The molecule has 0 radical (unpaired) electrons. The predicted octanol–water partition coefficient (Wildman–Crippen LogP) is 2.74. The van der Waals surface area contributed by atoms with Crippen LogP contribution in [-0.4, -0.2) is 34.8 Å². The number of aryl methyl sites for hydroxylation is 1. The quantitative estimate of drug-likeness (QED) is 0.701. The molecule has 0 fully saturated rings. The monoisotopic (exact) mass is 370 g/mol. The number of imidazole rings is 1. The molecule has 3 aromatic rings. The molecule has 26 heavy (non-hydrogen) atoms. The van der Waals surface area contributed by atoms with E-state index < -0.39 is 0 Å². The standard InChI is InChI=1S/C19H22N4O2S/c1-4-13-5-7-14(8-6-13)15-10-23-16(11-26-19(23)22-15)18(25)21-9-12(2)17(24)20-3/h5-8,10-12H,4,9H2,1-3H3,(H,20,24)(H,21,25)/t12-/m0/s1. The Morgan fingerprint density at radius 3 is 2.65 bits per heavy atom. The van der Waals surface area contributed by atoms with Gasteiger partial charge in [0, 0.05) is 30.7 Å². The van der Waals surface area contributed by atoms with Crippen LogP contribution < -0.4 is 10.6 Å². The second kappa shape index (κ2) is 7.70. The normalized spacial score (nSPS) is 12.1. The molecule has 3 rings (SSSR count). The number of hydrogen-bond acceptors (Lipinski definition) is 4. The third kappa shape index (κ3) is 3.62. The van der Waals surface area contributed by atoms with E-state index in [0.29, 0.717) is 5.69 Å². The number of amides is 2. The lowest BCUT2D eigenvalue weighted by Gasteiger charge is -2.10. The van der Waals surface area contributed by atoms with Crippen molar-refractivity contribution in [2.24, 2.45) is 5.92 Å². The number of carbonyl (C=O) groups excluding carboxylic acids is 2. The van der Waals surface area contributed by atoms with Gasteiger partial charge < -0.3 is 10.6 Å². The maximum Gasteiger partial charge on any atom is 0.269 e. The van der Waals surface area contributed by atoms with Crippen LogP contribution in [0.3, 0.4) is 0 Å². The summed E-state index contributed by atoms with van der Waals surface area (Å²) in [5, 5.41) is 7.18. The van der Waals surface area contributed by atoms with E-state index >= 15 is 0 Å². The van der Waals surface area contributed by atoms with Gasteiger partial charge in [0.2, 0.25) is 5.91 Å². The van der Waals surface area contributed by atoms with E-state index in [2.05, 4.69) is 46.8 Å². The Kier molecular flexibility index (Phi) is 5.37. The summed E-state index contributed by atoms with van der Waals surface area (Å²) < 4.78 is 1.80. The van der Waals surface area contributed by atoms with Crippen LogP contribution >= 0.6 is 11.3 Å². The van der Waals surface area contributed by atoms with Crippen molar-refractivity contribution < 1.29 is 9.59 Å². The Balaban J connectivity index is 1.78. The summed E-state index contributed by atoms with van der Waals surface area (Å²) in [4.78, 5) is 29.4. The molecule has 7 heteroatoms. The minimum atomic E-state index is -0.284. The van der Waals surface area contributed by atoms with E-state index in [9.17, 15) is 9.59 Å². The van der Waals surface area contributed by atoms with Gasteiger partial charge in [-0.2, -0.15) is 0 Å². The summed E-state index contributed by atoms with van der Waals surface area (Å²) in [6.07, 6.45) is 2.88. The lowest BCUT2D eigenvalue weighted by atomic mass is 10.1. The maximum absolute atomic E-state index is 12.5. The highest BCUT2D eigenvalue weighted by atomic mass is 32.1. The maximum atomic E-state index is 12.5. The Morgan fingerprint density at radius 2 is 2.00 bits per heavy atom. The van der Waals surface area contributed by atoms with Gasteiger partial charge in [0.1, 0.15) is 5.69 Å². The minimum Gasteiger partial charge on any atom is -0.359 e.